The summed E-state index contributed by atoms with van der Waals surface area (Å²) in [5.41, 5.74) is 2.39. The van der Waals surface area contributed by atoms with Crippen molar-refractivity contribution < 1.29 is 18.0 Å². The van der Waals surface area contributed by atoms with Gasteiger partial charge in [0.25, 0.3) is 0 Å². The van der Waals surface area contributed by atoms with Gasteiger partial charge in [-0.3, -0.25) is 9.59 Å². The van der Waals surface area contributed by atoms with Crippen LogP contribution in [0, 0.1) is 6.92 Å². The molecule has 4 rings (SSSR count). The minimum Gasteiger partial charge on any atom is -0.309 e. The van der Waals surface area contributed by atoms with Gasteiger partial charge in [0.1, 0.15) is 11.9 Å². The van der Waals surface area contributed by atoms with Crippen molar-refractivity contribution in [3.8, 4) is 0 Å². The Morgan fingerprint density at radius 1 is 1.23 bits per heavy atom. The topological polar surface area (TPSA) is 99.7 Å². The number of aryl methyl sites for hydroxylation is 1. The van der Waals surface area contributed by atoms with E-state index in [0.717, 1.165) is 16.8 Å². The molecule has 1 saturated heterocycles. The van der Waals surface area contributed by atoms with Crippen LogP contribution in [0.3, 0.4) is 0 Å². The highest BCUT2D eigenvalue weighted by molar-refractivity contribution is 7.89. The molecule has 2 amide bonds. The Hall–Kier alpha value is -2.78. The summed E-state index contributed by atoms with van der Waals surface area (Å²) >= 11 is 0. The molecule has 8 nitrogen and oxygen atoms in total. The predicted octanol–water partition coefficient (Wildman–Crippen LogP) is 2.48. The molecule has 1 N–H and O–H groups in total. The summed E-state index contributed by atoms with van der Waals surface area (Å²) in [5.74, 6) is -0.00375. The van der Waals surface area contributed by atoms with E-state index in [1.807, 2.05) is 19.9 Å². The molecule has 2 aromatic rings. The molecule has 0 spiro atoms. The largest absolute Gasteiger partial charge is 0.309 e. The van der Waals surface area contributed by atoms with Crippen molar-refractivity contribution in [2.75, 3.05) is 16.8 Å². The van der Waals surface area contributed by atoms with Crippen LogP contribution in [-0.4, -0.2) is 48.1 Å². The van der Waals surface area contributed by atoms with Gasteiger partial charge in [0.15, 0.2) is 0 Å². The van der Waals surface area contributed by atoms with Crippen molar-refractivity contribution in [1.29, 1.82) is 0 Å². The van der Waals surface area contributed by atoms with E-state index >= 15 is 0 Å². The maximum absolute atomic E-state index is 13.4. The molecule has 0 unspecified atom stereocenters. The minimum absolute atomic E-state index is 0.0163. The number of aromatic nitrogens is 1. The van der Waals surface area contributed by atoms with Crippen LogP contribution in [-0.2, 0) is 26.0 Å². The number of nitrogens with zero attached hydrogens (tertiary/aromatic N) is 3. The van der Waals surface area contributed by atoms with E-state index in [0.29, 0.717) is 25.1 Å². The van der Waals surface area contributed by atoms with Gasteiger partial charge >= 0.3 is 0 Å². The summed E-state index contributed by atoms with van der Waals surface area (Å²) in [4.78, 5) is 30.9. The number of hydrogen-bond acceptors (Lipinski definition) is 5. The average Bonchev–Trinajstić information content (AvgIpc) is 3.33. The third-order valence-corrected chi connectivity index (χ3v) is 7.87. The Kier molecular flexibility index (Phi) is 5.57. The molecule has 3 heterocycles. The van der Waals surface area contributed by atoms with E-state index in [2.05, 4.69) is 10.3 Å². The summed E-state index contributed by atoms with van der Waals surface area (Å²) in [6.45, 7) is 5.57. The zero-order valence-corrected chi connectivity index (χ0v) is 18.6. The third-order valence-electron chi connectivity index (χ3n) is 5.97. The summed E-state index contributed by atoms with van der Waals surface area (Å²) in [6, 6.07) is 7.67. The van der Waals surface area contributed by atoms with Gasteiger partial charge in [-0.15, -0.1) is 0 Å². The third kappa shape index (κ3) is 3.83. The highest BCUT2D eigenvalue weighted by Crippen LogP contribution is 2.35. The van der Waals surface area contributed by atoms with E-state index in [-0.39, 0.29) is 29.3 Å². The Morgan fingerprint density at radius 2 is 2.00 bits per heavy atom. The van der Waals surface area contributed by atoms with Crippen LogP contribution in [0.5, 0.6) is 0 Å². The van der Waals surface area contributed by atoms with Gasteiger partial charge in [-0.25, -0.2) is 13.4 Å². The Bertz CT molecular complexity index is 1150. The van der Waals surface area contributed by atoms with Gasteiger partial charge < -0.3 is 10.2 Å². The van der Waals surface area contributed by atoms with Crippen LogP contribution >= 0.6 is 0 Å². The summed E-state index contributed by atoms with van der Waals surface area (Å²) in [5, 5.41) is 2.77. The standard InChI is InChI=1S/C22H26N4O4S/c1-14-6-4-10-23-21(14)24-22(28)20-7-5-11-25(20)31(29,30)18-8-9-19-17(13-18)12-15(2)26(19)16(3)27/h4,6,8-10,13,15,20H,5,7,11-12H2,1-3H3,(H,23,24,28)/t15-,20-/m0/s1. The van der Waals surface area contributed by atoms with Gasteiger partial charge in [0, 0.05) is 31.4 Å². The van der Waals surface area contributed by atoms with E-state index in [1.165, 1.54) is 17.3 Å². The molecular weight excluding hydrogens is 416 g/mol. The fourth-order valence-corrected chi connectivity index (χ4v) is 6.20. The zero-order valence-electron chi connectivity index (χ0n) is 17.8. The normalized spacial score (nSPS) is 21.2. The van der Waals surface area contributed by atoms with Crippen LogP contribution in [0.2, 0.25) is 0 Å². The highest BCUT2D eigenvalue weighted by atomic mass is 32.2. The van der Waals surface area contributed by atoms with Crippen LogP contribution in [0.15, 0.2) is 41.4 Å². The number of hydrogen-bond donors (Lipinski definition) is 1. The van der Waals surface area contributed by atoms with Crippen molar-refractivity contribution in [2.45, 2.75) is 57.0 Å². The van der Waals surface area contributed by atoms with Crippen LogP contribution < -0.4 is 10.2 Å². The SMILES string of the molecule is CC(=O)N1c2ccc(S(=O)(=O)N3CCC[C@H]3C(=O)Nc3ncccc3C)cc2C[C@@H]1C. The molecule has 1 fully saturated rings. The van der Waals surface area contributed by atoms with E-state index in [4.69, 9.17) is 0 Å². The van der Waals surface area contributed by atoms with Gasteiger partial charge in [-0.1, -0.05) is 6.07 Å². The second kappa shape index (κ2) is 8.05. The first-order valence-electron chi connectivity index (χ1n) is 10.4. The Labute approximate surface area is 182 Å². The van der Waals surface area contributed by atoms with Crippen LogP contribution in [0.25, 0.3) is 0 Å². The van der Waals surface area contributed by atoms with E-state index in [1.54, 1.807) is 29.3 Å². The first-order chi connectivity index (χ1) is 14.7. The first-order valence-corrected chi connectivity index (χ1v) is 11.8. The van der Waals surface area contributed by atoms with Gasteiger partial charge in [-0.2, -0.15) is 4.31 Å². The van der Waals surface area contributed by atoms with Crippen molar-refractivity contribution >= 4 is 33.3 Å². The molecule has 1 aromatic carbocycles. The molecule has 164 valence electrons. The molecule has 9 heteroatoms. The molecule has 1 aromatic heterocycles. The lowest BCUT2D eigenvalue weighted by Gasteiger charge is -2.24. The average molecular weight is 443 g/mol. The Morgan fingerprint density at radius 3 is 2.71 bits per heavy atom. The number of pyridine rings is 1. The van der Waals surface area contributed by atoms with Crippen molar-refractivity contribution in [3.05, 3.63) is 47.7 Å². The number of sulfonamides is 1. The number of benzene rings is 1. The van der Waals surface area contributed by atoms with Crippen LogP contribution in [0.1, 0.15) is 37.8 Å². The number of nitrogens with one attached hydrogen (secondary N) is 1. The monoisotopic (exact) mass is 442 g/mol. The molecule has 2 aliphatic heterocycles. The number of fused-ring (bicyclic) bond motifs is 1. The molecule has 0 aliphatic carbocycles. The molecule has 0 bridgehead atoms. The minimum atomic E-state index is -3.86. The molecule has 2 aliphatic rings. The molecule has 0 radical (unpaired) electrons. The van der Waals surface area contributed by atoms with Gasteiger partial charge in [0.2, 0.25) is 21.8 Å². The fraction of sp³-hybridized carbons (Fsp3) is 0.409. The summed E-state index contributed by atoms with van der Waals surface area (Å²) < 4.78 is 28.1. The predicted molar refractivity (Wildman–Crippen MR) is 117 cm³/mol. The second-order valence-corrected chi connectivity index (χ2v) is 10.1. The smallest absolute Gasteiger partial charge is 0.243 e. The Balaban J connectivity index is 1.60. The number of anilines is 2. The first kappa shape index (κ1) is 21.5. The van der Waals surface area contributed by atoms with E-state index in [9.17, 15) is 18.0 Å². The number of rotatable bonds is 4. The quantitative estimate of drug-likeness (QED) is 0.784. The molecule has 2 atom stereocenters. The summed E-state index contributed by atoms with van der Waals surface area (Å²) in [6.07, 6.45) is 3.25. The number of carbonyl (C=O) groups excluding carboxylic acids is 2. The fourth-order valence-electron chi connectivity index (χ4n) is 4.49. The van der Waals surface area contributed by atoms with Gasteiger partial charge in [-0.05, 0) is 68.5 Å². The van der Waals surface area contributed by atoms with Crippen LogP contribution in [0.4, 0.5) is 11.5 Å². The van der Waals surface area contributed by atoms with E-state index < -0.39 is 16.1 Å². The maximum atomic E-state index is 13.4. The molecular formula is C22H26N4O4S. The van der Waals surface area contributed by atoms with Crippen molar-refractivity contribution in [1.82, 2.24) is 9.29 Å². The number of amides is 2. The maximum Gasteiger partial charge on any atom is 0.243 e. The summed E-state index contributed by atoms with van der Waals surface area (Å²) in [7, 11) is -3.86. The van der Waals surface area contributed by atoms with Gasteiger partial charge in [0.05, 0.1) is 4.90 Å². The lowest BCUT2D eigenvalue weighted by molar-refractivity contribution is -0.119. The number of carbonyl (C=O) groups is 2. The van der Waals surface area contributed by atoms with Crippen molar-refractivity contribution in [3.63, 3.8) is 0 Å². The second-order valence-electron chi connectivity index (χ2n) is 8.16. The zero-order chi connectivity index (χ0) is 22.3. The molecule has 31 heavy (non-hydrogen) atoms. The lowest BCUT2D eigenvalue weighted by atomic mass is 10.1. The molecule has 0 saturated carbocycles. The lowest BCUT2D eigenvalue weighted by Crippen LogP contribution is -2.43. The highest BCUT2D eigenvalue weighted by Gasteiger charge is 2.40. The van der Waals surface area contributed by atoms with Crippen molar-refractivity contribution in [2.24, 2.45) is 0 Å².